The highest BCUT2D eigenvalue weighted by Crippen LogP contribution is 2.23. The van der Waals surface area contributed by atoms with Gasteiger partial charge in [-0.15, -0.1) is 0 Å². The molecular formula is C17H14N4O3. The van der Waals surface area contributed by atoms with Crippen LogP contribution in [0.4, 0.5) is 11.4 Å². The maximum atomic E-state index is 12.0. The number of benzene rings is 2. The van der Waals surface area contributed by atoms with Gasteiger partial charge in [0.15, 0.2) is 0 Å². The number of amides is 1. The normalized spacial score (nSPS) is 10.5. The Balaban J connectivity index is 2.05. The third kappa shape index (κ3) is 4.42. The SMILES string of the molecule is N#C/C(=C/Nc1ccccc1[N+](=O)[O-])C(=O)NCc1ccccc1. The molecule has 0 heterocycles. The molecule has 0 saturated heterocycles. The Bertz CT molecular complexity index is 810. The van der Waals surface area contributed by atoms with Gasteiger partial charge in [0.25, 0.3) is 11.6 Å². The highest BCUT2D eigenvalue weighted by Gasteiger charge is 2.13. The van der Waals surface area contributed by atoms with Crippen LogP contribution in [0.15, 0.2) is 66.4 Å². The Morgan fingerprint density at radius 2 is 1.83 bits per heavy atom. The fourth-order valence-electron chi connectivity index (χ4n) is 1.93. The van der Waals surface area contributed by atoms with E-state index in [4.69, 9.17) is 5.26 Å². The number of carbonyl (C=O) groups excluding carboxylic acids is 1. The molecule has 24 heavy (non-hydrogen) atoms. The van der Waals surface area contributed by atoms with E-state index in [0.717, 1.165) is 11.8 Å². The Labute approximate surface area is 138 Å². The molecule has 2 N–H and O–H groups in total. The molecule has 0 saturated carbocycles. The van der Waals surface area contributed by atoms with Crippen molar-refractivity contribution < 1.29 is 9.72 Å². The van der Waals surface area contributed by atoms with E-state index in [1.807, 2.05) is 30.3 Å². The lowest BCUT2D eigenvalue weighted by molar-refractivity contribution is -0.383. The molecule has 0 fully saturated rings. The summed E-state index contributed by atoms with van der Waals surface area (Å²) < 4.78 is 0. The number of carbonyl (C=O) groups is 1. The molecule has 0 aliphatic carbocycles. The van der Waals surface area contributed by atoms with E-state index in [1.165, 1.54) is 18.2 Å². The number of rotatable bonds is 6. The predicted octanol–water partition coefficient (Wildman–Crippen LogP) is 2.73. The molecule has 0 bridgehead atoms. The Hall–Kier alpha value is -3.66. The number of nitrogens with one attached hydrogen (secondary N) is 2. The van der Waals surface area contributed by atoms with Crippen LogP contribution in [0.2, 0.25) is 0 Å². The quantitative estimate of drug-likeness (QED) is 0.368. The van der Waals surface area contributed by atoms with Crippen LogP contribution in [-0.4, -0.2) is 10.8 Å². The Kier molecular flexibility index (Phi) is 5.64. The van der Waals surface area contributed by atoms with Crippen molar-refractivity contribution in [2.45, 2.75) is 6.54 Å². The first-order valence-corrected chi connectivity index (χ1v) is 7.04. The number of nitrogens with zero attached hydrogens (tertiary/aromatic N) is 2. The lowest BCUT2D eigenvalue weighted by atomic mass is 10.2. The second-order valence-corrected chi connectivity index (χ2v) is 4.76. The number of hydrogen-bond donors (Lipinski definition) is 2. The van der Waals surface area contributed by atoms with E-state index < -0.39 is 10.8 Å². The average Bonchev–Trinajstić information content (AvgIpc) is 2.61. The number of hydrogen-bond acceptors (Lipinski definition) is 5. The molecule has 1 amide bonds. The standard InChI is InChI=1S/C17H14N4O3/c18-10-14(17(22)20-11-13-6-2-1-3-7-13)12-19-15-8-4-5-9-16(15)21(23)24/h1-9,12,19H,11H2,(H,20,22)/b14-12-. The first kappa shape index (κ1) is 16.7. The molecular weight excluding hydrogens is 308 g/mol. The fraction of sp³-hybridized carbons (Fsp3) is 0.0588. The van der Waals surface area contributed by atoms with Gasteiger partial charge in [0, 0.05) is 18.8 Å². The van der Waals surface area contributed by atoms with Crippen LogP contribution >= 0.6 is 0 Å². The molecule has 0 aliphatic rings. The molecule has 0 aliphatic heterocycles. The largest absolute Gasteiger partial charge is 0.355 e. The summed E-state index contributed by atoms with van der Waals surface area (Å²) in [6.07, 6.45) is 1.16. The zero-order chi connectivity index (χ0) is 17.4. The molecule has 7 nitrogen and oxygen atoms in total. The molecule has 2 rings (SSSR count). The van der Waals surface area contributed by atoms with Crippen molar-refractivity contribution in [3.63, 3.8) is 0 Å². The number of para-hydroxylation sites is 2. The summed E-state index contributed by atoms with van der Waals surface area (Å²) in [6, 6.07) is 17.0. The summed E-state index contributed by atoms with van der Waals surface area (Å²) >= 11 is 0. The topological polar surface area (TPSA) is 108 Å². The van der Waals surface area contributed by atoms with Gasteiger partial charge in [0.1, 0.15) is 17.3 Å². The van der Waals surface area contributed by atoms with Crippen LogP contribution < -0.4 is 10.6 Å². The molecule has 0 radical (unpaired) electrons. The maximum Gasteiger partial charge on any atom is 0.292 e. The monoisotopic (exact) mass is 322 g/mol. The van der Waals surface area contributed by atoms with Crippen molar-refractivity contribution in [1.29, 1.82) is 5.26 Å². The molecule has 0 atom stereocenters. The van der Waals surface area contributed by atoms with Gasteiger partial charge in [-0.1, -0.05) is 42.5 Å². The van der Waals surface area contributed by atoms with Crippen LogP contribution in [0, 0.1) is 21.4 Å². The van der Waals surface area contributed by atoms with Gasteiger partial charge in [-0.25, -0.2) is 0 Å². The minimum atomic E-state index is -0.563. The molecule has 2 aromatic carbocycles. The summed E-state index contributed by atoms with van der Waals surface area (Å²) in [5, 5.41) is 25.3. The Morgan fingerprint density at radius 3 is 2.50 bits per heavy atom. The van der Waals surface area contributed by atoms with Crippen molar-refractivity contribution >= 4 is 17.3 Å². The number of anilines is 1. The second-order valence-electron chi connectivity index (χ2n) is 4.76. The molecule has 0 unspecified atom stereocenters. The molecule has 0 spiro atoms. The zero-order valence-corrected chi connectivity index (χ0v) is 12.6. The smallest absolute Gasteiger partial charge is 0.292 e. The van der Waals surface area contributed by atoms with Crippen LogP contribution in [0.5, 0.6) is 0 Å². The lowest BCUT2D eigenvalue weighted by Crippen LogP contribution is -2.24. The van der Waals surface area contributed by atoms with E-state index in [1.54, 1.807) is 12.1 Å². The van der Waals surface area contributed by atoms with E-state index in [0.29, 0.717) is 0 Å². The maximum absolute atomic E-state index is 12.0. The highest BCUT2D eigenvalue weighted by molar-refractivity contribution is 5.97. The van der Waals surface area contributed by atoms with E-state index in [-0.39, 0.29) is 23.5 Å². The molecule has 120 valence electrons. The third-order valence-electron chi connectivity index (χ3n) is 3.13. The minimum Gasteiger partial charge on any atom is -0.355 e. The van der Waals surface area contributed by atoms with Gasteiger partial charge in [0.05, 0.1) is 4.92 Å². The minimum absolute atomic E-state index is 0.143. The van der Waals surface area contributed by atoms with Crippen LogP contribution in [0.3, 0.4) is 0 Å². The van der Waals surface area contributed by atoms with Crippen LogP contribution in [-0.2, 0) is 11.3 Å². The summed E-state index contributed by atoms with van der Waals surface area (Å²) in [7, 11) is 0. The van der Waals surface area contributed by atoms with Crippen molar-refractivity contribution in [3.8, 4) is 6.07 Å². The van der Waals surface area contributed by atoms with Crippen molar-refractivity contribution in [2.75, 3.05) is 5.32 Å². The third-order valence-corrected chi connectivity index (χ3v) is 3.13. The lowest BCUT2D eigenvalue weighted by Gasteiger charge is -2.05. The predicted molar refractivity (Wildman–Crippen MR) is 88.7 cm³/mol. The average molecular weight is 322 g/mol. The molecule has 7 heteroatoms. The number of nitriles is 1. The first-order chi connectivity index (χ1) is 11.6. The van der Waals surface area contributed by atoms with Gasteiger partial charge >= 0.3 is 0 Å². The summed E-state index contributed by atoms with van der Waals surface area (Å²) in [6.45, 7) is 0.282. The summed E-state index contributed by atoms with van der Waals surface area (Å²) in [5.41, 5.74) is 0.778. The van der Waals surface area contributed by atoms with E-state index in [9.17, 15) is 14.9 Å². The van der Waals surface area contributed by atoms with Crippen molar-refractivity contribution in [1.82, 2.24) is 5.32 Å². The highest BCUT2D eigenvalue weighted by atomic mass is 16.6. The summed E-state index contributed by atoms with van der Waals surface area (Å²) in [4.78, 5) is 22.4. The van der Waals surface area contributed by atoms with Gasteiger partial charge in [-0.3, -0.25) is 14.9 Å². The Morgan fingerprint density at radius 1 is 1.17 bits per heavy atom. The molecule has 0 aromatic heterocycles. The van der Waals surface area contributed by atoms with Gasteiger partial charge in [-0.2, -0.15) is 5.26 Å². The van der Waals surface area contributed by atoms with Gasteiger partial charge in [-0.05, 0) is 11.6 Å². The number of nitro groups is 1. The first-order valence-electron chi connectivity index (χ1n) is 7.04. The number of nitro benzene ring substituents is 1. The van der Waals surface area contributed by atoms with Gasteiger partial charge < -0.3 is 10.6 Å². The van der Waals surface area contributed by atoms with E-state index in [2.05, 4.69) is 10.6 Å². The zero-order valence-electron chi connectivity index (χ0n) is 12.6. The summed E-state index contributed by atoms with van der Waals surface area (Å²) in [5.74, 6) is -0.563. The van der Waals surface area contributed by atoms with E-state index >= 15 is 0 Å². The van der Waals surface area contributed by atoms with Gasteiger partial charge in [0.2, 0.25) is 0 Å². The fourth-order valence-corrected chi connectivity index (χ4v) is 1.93. The van der Waals surface area contributed by atoms with Crippen molar-refractivity contribution in [3.05, 3.63) is 82.0 Å². The van der Waals surface area contributed by atoms with Crippen LogP contribution in [0.1, 0.15) is 5.56 Å². The van der Waals surface area contributed by atoms with Crippen LogP contribution in [0.25, 0.3) is 0 Å². The molecule has 2 aromatic rings. The van der Waals surface area contributed by atoms with Crippen molar-refractivity contribution in [2.24, 2.45) is 0 Å². The second kappa shape index (κ2) is 8.10.